The number of ketones is 2. The molecular weight excluding hydrogens is 554 g/mol. The Hall–Kier alpha value is -4.30. The normalized spacial score (nSPS) is 12.6. The Labute approximate surface area is 236 Å². The number of hydrogen-bond donors (Lipinski definition) is 3. The van der Waals surface area contributed by atoms with Crippen LogP contribution >= 0.6 is 23.5 Å². The molecule has 0 saturated heterocycles. The summed E-state index contributed by atoms with van der Waals surface area (Å²) in [6.45, 7) is 5.66. The number of nitrogens with one attached hydrogen (secondary N) is 3. The zero-order chi connectivity index (χ0) is 28.4. The number of benzene rings is 2. The van der Waals surface area contributed by atoms with Crippen LogP contribution in [0.1, 0.15) is 63.0 Å². The maximum absolute atomic E-state index is 14.3. The standard InChI is InChI=1S/C26H23N7O5S2/c1-13(35)38-10-26(2,3)9-27-15-5-7-17(40-25-29-12-31-33-25)21-19(15)23(37)20-16(39-24-28-11-30-32-24)6-4-14(8-34)18(20)22(21)36/h4-8,11-12,27H,9-10H2,1-3H3,(H,28,30,32)(H,29,31,33). The quantitative estimate of drug-likeness (QED) is 0.162. The van der Waals surface area contributed by atoms with Crippen LogP contribution in [-0.2, 0) is 9.53 Å². The fourth-order valence-corrected chi connectivity index (χ4v) is 5.84. The van der Waals surface area contributed by atoms with Crippen LogP contribution in [-0.4, -0.2) is 67.3 Å². The van der Waals surface area contributed by atoms with Crippen molar-refractivity contribution in [2.75, 3.05) is 18.5 Å². The van der Waals surface area contributed by atoms with Crippen LogP contribution in [0.4, 0.5) is 5.69 Å². The minimum atomic E-state index is -0.483. The van der Waals surface area contributed by atoms with Crippen molar-refractivity contribution in [1.29, 1.82) is 0 Å². The third-order valence-corrected chi connectivity index (χ3v) is 7.92. The second-order valence-electron chi connectivity index (χ2n) is 9.62. The van der Waals surface area contributed by atoms with Crippen LogP contribution in [0.25, 0.3) is 0 Å². The zero-order valence-electron chi connectivity index (χ0n) is 21.6. The summed E-state index contributed by atoms with van der Waals surface area (Å²) < 4.78 is 5.19. The number of nitrogens with zero attached hydrogens (tertiary/aromatic N) is 4. The van der Waals surface area contributed by atoms with E-state index >= 15 is 0 Å². The summed E-state index contributed by atoms with van der Waals surface area (Å²) in [5.74, 6) is -1.27. The summed E-state index contributed by atoms with van der Waals surface area (Å²) in [5.41, 5.74) is 0.542. The molecular formula is C26H23N7O5S2. The number of aromatic nitrogens is 6. The lowest BCUT2D eigenvalue weighted by atomic mass is 9.81. The minimum Gasteiger partial charge on any atom is -0.465 e. The van der Waals surface area contributed by atoms with E-state index < -0.39 is 17.0 Å². The Morgan fingerprint density at radius 3 is 2.05 bits per heavy atom. The van der Waals surface area contributed by atoms with E-state index in [-0.39, 0.29) is 40.4 Å². The average molecular weight is 578 g/mol. The van der Waals surface area contributed by atoms with Crippen LogP contribution in [0.2, 0.25) is 0 Å². The number of ether oxygens (including phenoxy) is 1. The first-order chi connectivity index (χ1) is 19.2. The van der Waals surface area contributed by atoms with Gasteiger partial charge in [0, 0.05) is 56.6 Å². The van der Waals surface area contributed by atoms with Gasteiger partial charge in [0.2, 0.25) is 0 Å². The number of rotatable bonds is 10. The highest BCUT2D eigenvalue weighted by molar-refractivity contribution is 7.99. The first-order valence-corrected chi connectivity index (χ1v) is 13.6. The monoisotopic (exact) mass is 577 g/mol. The molecule has 2 aromatic carbocycles. The molecule has 14 heteroatoms. The van der Waals surface area contributed by atoms with Gasteiger partial charge in [-0.1, -0.05) is 13.8 Å². The van der Waals surface area contributed by atoms with E-state index in [4.69, 9.17) is 4.74 Å². The summed E-state index contributed by atoms with van der Waals surface area (Å²) in [7, 11) is 0. The van der Waals surface area contributed by atoms with E-state index in [9.17, 15) is 19.2 Å². The fourth-order valence-electron chi connectivity index (χ4n) is 4.16. The van der Waals surface area contributed by atoms with Crippen molar-refractivity contribution in [1.82, 2.24) is 30.4 Å². The first-order valence-electron chi connectivity index (χ1n) is 12.0. The lowest BCUT2D eigenvalue weighted by Gasteiger charge is -2.28. The molecule has 0 unspecified atom stereocenters. The first kappa shape index (κ1) is 27.3. The molecule has 2 aromatic heterocycles. The molecule has 1 aliphatic carbocycles. The summed E-state index contributed by atoms with van der Waals surface area (Å²) >= 11 is 2.28. The predicted molar refractivity (Wildman–Crippen MR) is 145 cm³/mol. The maximum atomic E-state index is 14.3. The van der Waals surface area contributed by atoms with Crippen LogP contribution in [0.15, 0.2) is 57.0 Å². The van der Waals surface area contributed by atoms with Crippen molar-refractivity contribution < 1.29 is 23.9 Å². The van der Waals surface area contributed by atoms with Gasteiger partial charge < -0.3 is 10.1 Å². The number of carbonyl (C=O) groups excluding carboxylic acids is 4. The Bertz CT molecular complexity index is 1620. The van der Waals surface area contributed by atoms with Crippen LogP contribution in [0.3, 0.4) is 0 Å². The highest BCUT2D eigenvalue weighted by atomic mass is 32.2. The van der Waals surface area contributed by atoms with Crippen molar-refractivity contribution in [2.24, 2.45) is 5.41 Å². The lowest BCUT2D eigenvalue weighted by molar-refractivity contribution is -0.143. The number of esters is 1. The highest BCUT2D eigenvalue weighted by Crippen LogP contribution is 2.43. The summed E-state index contributed by atoms with van der Waals surface area (Å²) in [5, 5.41) is 17.3. The van der Waals surface area contributed by atoms with Gasteiger partial charge in [-0.25, -0.2) is 9.97 Å². The largest absolute Gasteiger partial charge is 0.465 e. The number of H-pyrrole nitrogens is 2. The number of aromatic amines is 2. The van der Waals surface area contributed by atoms with Crippen LogP contribution < -0.4 is 5.32 Å². The van der Waals surface area contributed by atoms with Gasteiger partial charge in [-0.15, -0.1) is 0 Å². The minimum absolute atomic E-state index is 0.0313. The summed E-state index contributed by atoms with van der Waals surface area (Å²) in [6.07, 6.45) is 3.25. The summed E-state index contributed by atoms with van der Waals surface area (Å²) in [4.78, 5) is 61.0. The van der Waals surface area contributed by atoms with Gasteiger partial charge in [0.1, 0.15) is 12.7 Å². The molecule has 0 amide bonds. The number of carbonyl (C=O) groups is 4. The van der Waals surface area contributed by atoms with Gasteiger partial charge in [-0.3, -0.25) is 29.4 Å². The Morgan fingerprint density at radius 1 is 0.925 bits per heavy atom. The molecule has 0 saturated carbocycles. The third kappa shape index (κ3) is 5.40. The number of aldehydes is 1. The zero-order valence-corrected chi connectivity index (χ0v) is 23.2. The second-order valence-corrected chi connectivity index (χ2v) is 11.7. The molecule has 0 bridgehead atoms. The summed E-state index contributed by atoms with van der Waals surface area (Å²) in [6, 6.07) is 6.58. The predicted octanol–water partition coefficient (Wildman–Crippen LogP) is 3.81. The lowest BCUT2D eigenvalue weighted by Crippen LogP contribution is -2.31. The van der Waals surface area contributed by atoms with E-state index in [1.54, 1.807) is 18.2 Å². The van der Waals surface area contributed by atoms with Gasteiger partial charge in [-0.05, 0) is 47.8 Å². The van der Waals surface area contributed by atoms with Gasteiger partial charge in [0.05, 0.1) is 12.2 Å². The number of hydrogen-bond acceptors (Lipinski definition) is 12. The molecule has 0 fully saturated rings. The van der Waals surface area contributed by atoms with Crippen molar-refractivity contribution >= 4 is 53.0 Å². The van der Waals surface area contributed by atoms with Crippen molar-refractivity contribution in [3.8, 4) is 0 Å². The van der Waals surface area contributed by atoms with Crippen LogP contribution in [0, 0.1) is 5.41 Å². The molecule has 40 heavy (non-hydrogen) atoms. The SMILES string of the molecule is CC(=O)OCC(C)(C)CNc1ccc(Sc2ncn[nH]2)c2c1C(=O)c1c(Sc3ncn[nH]3)ccc(C=O)c1C2=O. The number of fused-ring (bicyclic) bond motifs is 2. The van der Waals surface area contributed by atoms with Gasteiger partial charge in [0.25, 0.3) is 0 Å². The Morgan fingerprint density at radius 2 is 1.50 bits per heavy atom. The molecule has 2 heterocycles. The molecule has 3 N–H and O–H groups in total. The van der Waals surface area contributed by atoms with Crippen molar-refractivity contribution in [2.45, 2.75) is 40.9 Å². The molecule has 4 aromatic rings. The van der Waals surface area contributed by atoms with E-state index in [0.29, 0.717) is 38.6 Å². The molecule has 0 spiro atoms. The second kappa shape index (κ2) is 11.1. The maximum Gasteiger partial charge on any atom is 0.302 e. The molecule has 1 aliphatic rings. The van der Waals surface area contributed by atoms with Gasteiger partial charge >= 0.3 is 5.97 Å². The van der Waals surface area contributed by atoms with Gasteiger partial charge in [-0.2, -0.15) is 10.2 Å². The van der Waals surface area contributed by atoms with E-state index in [2.05, 4.69) is 35.7 Å². The van der Waals surface area contributed by atoms with E-state index in [1.807, 2.05) is 13.8 Å². The topological polar surface area (TPSA) is 173 Å². The molecule has 5 rings (SSSR count). The third-order valence-electron chi connectivity index (χ3n) is 6.02. The fraction of sp³-hybridized carbons (Fsp3) is 0.231. The Balaban J connectivity index is 1.63. The average Bonchev–Trinajstić information content (AvgIpc) is 3.64. The molecule has 12 nitrogen and oxygen atoms in total. The van der Waals surface area contributed by atoms with Crippen molar-refractivity contribution in [3.05, 3.63) is 64.7 Å². The number of anilines is 1. The molecule has 0 atom stereocenters. The molecule has 0 radical (unpaired) electrons. The Kier molecular flexibility index (Phi) is 7.54. The van der Waals surface area contributed by atoms with Crippen LogP contribution in [0.5, 0.6) is 0 Å². The van der Waals surface area contributed by atoms with E-state index in [0.717, 1.165) is 23.5 Å². The highest BCUT2D eigenvalue weighted by Gasteiger charge is 2.38. The molecule has 204 valence electrons. The molecule has 0 aliphatic heterocycles. The van der Waals surface area contributed by atoms with Crippen molar-refractivity contribution in [3.63, 3.8) is 0 Å². The smallest absolute Gasteiger partial charge is 0.302 e. The van der Waals surface area contributed by atoms with E-state index in [1.165, 1.54) is 25.6 Å². The van der Waals surface area contributed by atoms with Gasteiger partial charge in [0.15, 0.2) is 28.2 Å².